The van der Waals surface area contributed by atoms with Crippen LogP contribution in [0.15, 0.2) is 24.3 Å². The zero-order valence-corrected chi connectivity index (χ0v) is 12.3. The molecule has 5 heteroatoms. The van der Waals surface area contributed by atoms with Gasteiger partial charge in [0.1, 0.15) is 0 Å². The number of hydrogen-bond acceptors (Lipinski definition) is 3. The summed E-state index contributed by atoms with van der Waals surface area (Å²) in [5.41, 5.74) is 1.66. The minimum absolute atomic E-state index is 0.256. The number of sulfonamides is 1. The van der Waals surface area contributed by atoms with Crippen molar-refractivity contribution in [1.29, 1.82) is 0 Å². The summed E-state index contributed by atoms with van der Waals surface area (Å²) in [5, 5.41) is 3.27. The van der Waals surface area contributed by atoms with Gasteiger partial charge in [-0.15, -0.1) is 0 Å². The quantitative estimate of drug-likeness (QED) is 0.865. The standard InChI is InChI=1S/C13H22N2O2S/c1-13(2,3)9-10-14-11-7-5-6-8-12(11)15-18(4,16)17/h5-8,14-15H,9-10H2,1-4H3. The van der Waals surface area contributed by atoms with E-state index < -0.39 is 10.0 Å². The number of rotatable bonds is 5. The Labute approximate surface area is 110 Å². The molecule has 0 amide bonds. The van der Waals surface area contributed by atoms with E-state index in [0.29, 0.717) is 5.69 Å². The van der Waals surface area contributed by atoms with Crippen LogP contribution in [0.3, 0.4) is 0 Å². The van der Waals surface area contributed by atoms with Gasteiger partial charge in [-0.25, -0.2) is 8.42 Å². The van der Waals surface area contributed by atoms with Gasteiger partial charge in [0.2, 0.25) is 10.0 Å². The summed E-state index contributed by atoms with van der Waals surface area (Å²) in [7, 11) is -3.24. The molecule has 4 nitrogen and oxygen atoms in total. The zero-order valence-electron chi connectivity index (χ0n) is 11.4. The third-order valence-electron chi connectivity index (χ3n) is 2.41. The van der Waals surface area contributed by atoms with Gasteiger partial charge in [0, 0.05) is 6.54 Å². The summed E-state index contributed by atoms with van der Waals surface area (Å²) in [6.45, 7) is 7.34. The number of anilines is 2. The first-order chi connectivity index (χ1) is 8.17. The molecule has 0 aliphatic heterocycles. The molecule has 0 aliphatic carbocycles. The Hall–Kier alpha value is -1.23. The van der Waals surface area contributed by atoms with Gasteiger partial charge in [-0.2, -0.15) is 0 Å². The average Bonchev–Trinajstić information content (AvgIpc) is 2.16. The highest BCUT2D eigenvalue weighted by Crippen LogP contribution is 2.23. The van der Waals surface area contributed by atoms with E-state index in [9.17, 15) is 8.42 Å². The van der Waals surface area contributed by atoms with Crippen LogP contribution in [0.5, 0.6) is 0 Å². The van der Waals surface area contributed by atoms with Gasteiger partial charge in [-0.05, 0) is 24.0 Å². The summed E-state index contributed by atoms with van der Waals surface area (Å²) >= 11 is 0. The third-order valence-corrected chi connectivity index (χ3v) is 3.00. The van der Waals surface area contributed by atoms with E-state index in [2.05, 4.69) is 30.8 Å². The zero-order chi connectivity index (χ0) is 13.8. The predicted molar refractivity (Wildman–Crippen MR) is 77.5 cm³/mol. The molecule has 2 N–H and O–H groups in total. The maximum Gasteiger partial charge on any atom is 0.229 e. The van der Waals surface area contributed by atoms with Crippen molar-refractivity contribution in [2.75, 3.05) is 22.8 Å². The molecule has 0 radical (unpaired) electrons. The van der Waals surface area contributed by atoms with Crippen LogP contribution >= 0.6 is 0 Å². The average molecular weight is 270 g/mol. The molecule has 0 atom stereocenters. The molecule has 0 spiro atoms. The van der Waals surface area contributed by atoms with E-state index in [1.54, 1.807) is 6.07 Å². The van der Waals surface area contributed by atoms with E-state index in [4.69, 9.17) is 0 Å². The van der Waals surface area contributed by atoms with E-state index in [0.717, 1.165) is 24.9 Å². The Bertz CT molecular complexity index is 490. The lowest BCUT2D eigenvalue weighted by atomic mass is 9.92. The maximum atomic E-state index is 11.2. The Kier molecular flexibility index (Phi) is 4.62. The van der Waals surface area contributed by atoms with Gasteiger partial charge in [0.15, 0.2) is 0 Å². The fourth-order valence-corrected chi connectivity index (χ4v) is 2.08. The fourth-order valence-electron chi connectivity index (χ4n) is 1.50. The highest BCUT2D eigenvalue weighted by molar-refractivity contribution is 7.92. The minimum Gasteiger partial charge on any atom is -0.383 e. The van der Waals surface area contributed by atoms with E-state index >= 15 is 0 Å². The van der Waals surface area contributed by atoms with Crippen molar-refractivity contribution in [3.05, 3.63) is 24.3 Å². The molecular formula is C13H22N2O2S. The Morgan fingerprint density at radius 1 is 1.11 bits per heavy atom. The van der Waals surface area contributed by atoms with Crippen molar-refractivity contribution in [3.8, 4) is 0 Å². The van der Waals surface area contributed by atoms with Gasteiger partial charge >= 0.3 is 0 Å². The Morgan fingerprint density at radius 3 is 2.17 bits per heavy atom. The van der Waals surface area contributed by atoms with Crippen LogP contribution in [0.25, 0.3) is 0 Å². The van der Waals surface area contributed by atoms with Crippen molar-refractivity contribution in [3.63, 3.8) is 0 Å². The predicted octanol–water partition coefficient (Wildman–Crippen LogP) is 2.91. The molecule has 0 bridgehead atoms. The van der Waals surface area contributed by atoms with Crippen molar-refractivity contribution < 1.29 is 8.42 Å². The normalized spacial score (nSPS) is 12.2. The molecule has 0 aromatic heterocycles. The largest absolute Gasteiger partial charge is 0.383 e. The van der Waals surface area contributed by atoms with E-state index in [-0.39, 0.29) is 5.41 Å². The first-order valence-electron chi connectivity index (χ1n) is 5.98. The van der Waals surface area contributed by atoms with Gasteiger partial charge in [0.05, 0.1) is 17.6 Å². The molecule has 0 saturated heterocycles. The topological polar surface area (TPSA) is 58.2 Å². The van der Waals surface area contributed by atoms with Crippen LogP contribution in [-0.4, -0.2) is 21.2 Å². The highest BCUT2D eigenvalue weighted by atomic mass is 32.2. The summed E-state index contributed by atoms with van der Waals surface area (Å²) in [4.78, 5) is 0. The van der Waals surface area contributed by atoms with Crippen molar-refractivity contribution >= 4 is 21.4 Å². The van der Waals surface area contributed by atoms with Crippen LogP contribution in [0.1, 0.15) is 27.2 Å². The molecule has 1 rings (SSSR count). The van der Waals surface area contributed by atoms with Crippen LogP contribution in [0, 0.1) is 5.41 Å². The second-order valence-corrected chi connectivity index (χ2v) is 7.41. The lowest BCUT2D eigenvalue weighted by molar-refractivity contribution is 0.390. The molecule has 0 heterocycles. The smallest absolute Gasteiger partial charge is 0.229 e. The number of benzene rings is 1. The van der Waals surface area contributed by atoms with Gasteiger partial charge < -0.3 is 5.32 Å². The second-order valence-electron chi connectivity index (χ2n) is 5.66. The summed E-state index contributed by atoms with van der Waals surface area (Å²) < 4.78 is 25.0. The lowest BCUT2D eigenvalue weighted by Gasteiger charge is -2.19. The van der Waals surface area contributed by atoms with Crippen molar-refractivity contribution in [2.45, 2.75) is 27.2 Å². The molecular weight excluding hydrogens is 248 g/mol. The number of para-hydroxylation sites is 2. The van der Waals surface area contributed by atoms with Crippen LogP contribution in [0.4, 0.5) is 11.4 Å². The number of nitrogens with one attached hydrogen (secondary N) is 2. The molecule has 0 unspecified atom stereocenters. The second kappa shape index (κ2) is 5.61. The summed E-state index contributed by atoms with van der Waals surface area (Å²) in [6.07, 6.45) is 2.17. The van der Waals surface area contributed by atoms with E-state index in [1.165, 1.54) is 0 Å². The molecule has 1 aromatic carbocycles. The molecule has 0 fully saturated rings. The van der Waals surface area contributed by atoms with E-state index in [1.807, 2.05) is 18.2 Å². The Morgan fingerprint density at radius 2 is 1.67 bits per heavy atom. The number of hydrogen-bond donors (Lipinski definition) is 2. The molecule has 0 saturated carbocycles. The van der Waals surface area contributed by atoms with Crippen LogP contribution in [-0.2, 0) is 10.0 Å². The fraction of sp³-hybridized carbons (Fsp3) is 0.538. The summed E-state index contributed by atoms with van der Waals surface area (Å²) in [6, 6.07) is 7.31. The Balaban J connectivity index is 2.71. The third kappa shape index (κ3) is 5.91. The SMILES string of the molecule is CC(C)(C)CCNc1ccccc1NS(C)(=O)=O. The molecule has 18 heavy (non-hydrogen) atoms. The van der Waals surface area contributed by atoms with Crippen molar-refractivity contribution in [1.82, 2.24) is 0 Å². The monoisotopic (exact) mass is 270 g/mol. The lowest BCUT2D eigenvalue weighted by Crippen LogP contribution is -2.15. The molecule has 1 aromatic rings. The van der Waals surface area contributed by atoms with Gasteiger partial charge in [0.25, 0.3) is 0 Å². The first-order valence-corrected chi connectivity index (χ1v) is 7.87. The minimum atomic E-state index is -3.24. The highest BCUT2D eigenvalue weighted by Gasteiger charge is 2.10. The molecule has 102 valence electrons. The van der Waals surface area contributed by atoms with Crippen LogP contribution < -0.4 is 10.0 Å². The molecule has 0 aliphatic rings. The maximum absolute atomic E-state index is 11.2. The van der Waals surface area contributed by atoms with Crippen LogP contribution in [0.2, 0.25) is 0 Å². The van der Waals surface area contributed by atoms with Gasteiger partial charge in [-0.1, -0.05) is 32.9 Å². The summed E-state index contributed by atoms with van der Waals surface area (Å²) in [5.74, 6) is 0. The van der Waals surface area contributed by atoms with Gasteiger partial charge in [-0.3, -0.25) is 4.72 Å². The van der Waals surface area contributed by atoms with Crippen molar-refractivity contribution in [2.24, 2.45) is 5.41 Å². The first kappa shape index (κ1) is 14.8.